The number of allylic oxidation sites excluding steroid dienone is 1. The van der Waals surface area contributed by atoms with Gasteiger partial charge in [-0.25, -0.2) is 0 Å². The fourth-order valence-corrected chi connectivity index (χ4v) is 2.12. The van der Waals surface area contributed by atoms with Crippen LogP contribution in [0.25, 0.3) is 11.1 Å². The lowest BCUT2D eigenvalue weighted by molar-refractivity contribution is 1.26. The molecule has 0 aromatic heterocycles. The van der Waals surface area contributed by atoms with Gasteiger partial charge in [-0.05, 0) is 22.8 Å². The Hall–Kier alpha value is -2.02. The maximum absolute atomic E-state index is 3.96. The van der Waals surface area contributed by atoms with Gasteiger partial charge in [-0.3, -0.25) is 0 Å². The third kappa shape index (κ3) is 1.50. The van der Waals surface area contributed by atoms with Gasteiger partial charge in [0.05, 0.1) is 0 Å². The van der Waals surface area contributed by atoms with Crippen molar-refractivity contribution in [2.24, 2.45) is 0 Å². The van der Waals surface area contributed by atoms with Gasteiger partial charge >= 0.3 is 0 Å². The monoisotopic (exact) mass is 207 g/mol. The molecule has 1 N–H and O–H groups in total. The quantitative estimate of drug-likeness (QED) is 0.749. The highest BCUT2D eigenvalue weighted by molar-refractivity contribution is 5.73. The number of nitrogens with one attached hydrogen (secondary N) is 1. The molecule has 3 rings (SSSR count). The van der Waals surface area contributed by atoms with E-state index in [2.05, 4.69) is 54.4 Å². The van der Waals surface area contributed by atoms with Gasteiger partial charge in [-0.2, -0.15) is 0 Å². The molecule has 1 nitrogen and oxygen atoms in total. The first-order valence-corrected chi connectivity index (χ1v) is 5.46. The zero-order chi connectivity index (χ0) is 11.0. The molecule has 1 aliphatic rings. The van der Waals surface area contributed by atoms with Crippen molar-refractivity contribution in [1.29, 1.82) is 0 Å². The van der Waals surface area contributed by atoms with Crippen molar-refractivity contribution in [2.75, 3.05) is 5.32 Å². The van der Waals surface area contributed by atoms with Crippen LogP contribution in [-0.2, 0) is 6.42 Å². The third-order valence-electron chi connectivity index (χ3n) is 2.93. The molecule has 0 aliphatic carbocycles. The minimum Gasteiger partial charge on any atom is -0.359 e. The molecule has 0 saturated carbocycles. The molecule has 78 valence electrons. The average molecular weight is 207 g/mol. The van der Waals surface area contributed by atoms with Crippen LogP contribution >= 0.6 is 0 Å². The highest BCUT2D eigenvalue weighted by Gasteiger charge is 2.13. The minimum atomic E-state index is 0.949. The lowest BCUT2D eigenvalue weighted by atomic mass is 10.0. The molecule has 0 atom stereocenters. The number of rotatable bonds is 1. The summed E-state index contributed by atoms with van der Waals surface area (Å²) in [5.74, 6) is 0. The van der Waals surface area contributed by atoms with Gasteiger partial charge in [0.1, 0.15) is 0 Å². The summed E-state index contributed by atoms with van der Waals surface area (Å²) >= 11 is 0. The van der Waals surface area contributed by atoms with E-state index in [0.717, 1.165) is 12.1 Å². The summed E-state index contributed by atoms with van der Waals surface area (Å²) in [6.45, 7) is 3.96. The molecule has 2 aromatic rings. The molecular weight excluding hydrogens is 194 g/mol. The van der Waals surface area contributed by atoms with E-state index in [0.29, 0.717) is 0 Å². The van der Waals surface area contributed by atoms with Gasteiger partial charge in [0, 0.05) is 17.8 Å². The van der Waals surface area contributed by atoms with Gasteiger partial charge in [0.2, 0.25) is 0 Å². The molecule has 1 heterocycles. The summed E-state index contributed by atoms with van der Waals surface area (Å²) < 4.78 is 0. The average Bonchev–Trinajstić information content (AvgIpc) is 2.69. The van der Waals surface area contributed by atoms with Crippen LogP contribution in [0.2, 0.25) is 0 Å². The summed E-state index contributed by atoms with van der Waals surface area (Å²) in [6, 6.07) is 17.0. The van der Waals surface area contributed by atoms with Crippen molar-refractivity contribution in [3.8, 4) is 11.1 Å². The van der Waals surface area contributed by atoms with Crippen molar-refractivity contribution in [3.63, 3.8) is 0 Å². The van der Waals surface area contributed by atoms with Crippen molar-refractivity contribution >= 4 is 5.69 Å². The molecule has 2 aromatic carbocycles. The Kier molecular flexibility index (Phi) is 2.03. The summed E-state index contributed by atoms with van der Waals surface area (Å²) in [6.07, 6.45) is 0.949. The van der Waals surface area contributed by atoms with E-state index < -0.39 is 0 Å². The van der Waals surface area contributed by atoms with Crippen LogP contribution in [0.15, 0.2) is 60.8 Å². The van der Waals surface area contributed by atoms with Crippen LogP contribution in [0.5, 0.6) is 0 Å². The van der Waals surface area contributed by atoms with E-state index in [9.17, 15) is 0 Å². The maximum Gasteiger partial charge on any atom is 0.0424 e. The van der Waals surface area contributed by atoms with Gasteiger partial charge in [-0.1, -0.05) is 49.0 Å². The van der Waals surface area contributed by atoms with Crippen LogP contribution in [0.1, 0.15) is 5.56 Å². The second-order valence-electron chi connectivity index (χ2n) is 4.14. The SMILES string of the molecule is C=C1Cc2ccc(-c3ccccc3)cc2N1. The van der Waals surface area contributed by atoms with Crippen LogP contribution in [0, 0.1) is 0 Å². The van der Waals surface area contributed by atoms with E-state index >= 15 is 0 Å². The summed E-state index contributed by atoms with van der Waals surface area (Å²) in [5, 5.41) is 3.31. The number of hydrogen-bond donors (Lipinski definition) is 1. The highest BCUT2D eigenvalue weighted by atomic mass is 14.9. The largest absolute Gasteiger partial charge is 0.359 e. The van der Waals surface area contributed by atoms with E-state index in [4.69, 9.17) is 0 Å². The fraction of sp³-hybridized carbons (Fsp3) is 0.0667. The molecule has 0 fully saturated rings. The molecule has 0 amide bonds. The standard InChI is InChI=1S/C15H13N/c1-11-9-14-8-7-13(10-15(14)16-11)12-5-3-2-4-6-12/h2-8,10,16H,1,9H2. The van der Waals surface area contributed by atoms with Crippen LogP contribution in [0.4, 0.5) is 5.69 Å². The van der Waals surface area contributed by atoms with Gasteiger partial charge in [-0.15, -0.1) is 0 Å². The zero-order valence-electron chi connectivity index (χ0n) is 9.03. The molecule has 0 saturated heterocycles. The fourth-order valence-electron chi connectivity index (χ4n) is 2.12. The Morgan fingerprint density at radius 1 is 0.938 bits per heavy atom. The Labute approximate surface area is 95.4 Å². The van der Waals surface area contributed by atoms with Gasteiger partial charge < -0.3 is 5.32 Å². The van der Waals surface area contributed by atoms with E-state index in [1.165, 1.54) is 22.4 Å². The first-order valence-electron chi connectivity index (χ1n) is 5.46. The maximum atomic E-state index is 3.96. The van der Waals surface area contributed by atoms with Crippen LogP contribution in [-0.4, -0.2) is 0 Å². The first-order chi connectivity index (χ1) is 7.83. The van der Waals surface area contributed by atoms with Crippen molar-refractivity contribution in [1.82, 2.24) is 0 Å². The molecule has 1 aliphatic heterocycles. The first kappa shape index (κ1) is 9.22. The van der Waals surface area contributed by atoms with E-state index in [1.807, 2.05) is 6.07 Å². The summed E-state index contributed by atoms with van der Waals surface area (Å²) in [7, 11) is 0. The molecule has 0 radical (unpaired) electrons. The van der Waals surface area contributed by atoms with E-state index in [1.54, 1.807) is 0 Å². The Balaban J connectivity index is 2.06. The lowest BCUT2D eigenvalue weighted by Gasteiger charge is -2.04. The van der Waals surface area contributed by atoms with Crippen molar-refractivity contribution in [2.45, 2.75) is 6.42 Å². The second-order valence-corrected chi connectivity index (χ2v) is 4.14. The Morgan fingerprint density at radius 3 is 2.56 bits per heavy atom. The zero-order valence-corrected chi connectivity index (χ0v) is 9.03. The molecule has 0 unspecified atom stereocenters. The predicted molar refractivity (Wildman–Crippen MR) is 68.3 cm³/mol. The smallest absolute Gasteiger partial charge is 0.0424 e. The molecular formula is C15H13N. The molecule has 0 spiro atoms. The molecule has 16 heavy (non-hydrogen) atoms. The van der Waals surface area contributed by atoms with E-state index in [-0.39, 0.29) is 0 Å². The number of anilines is 1. The minimum absolute atomic E-state index is 0.949. The van der Waals surface area contributed by atoms with Gasteiger partial charge in [0.25, 0.3) is 0 Å². The van der Waals surface area contributed by atoms with Crippen LogP contribution in [0.3, 0.4) is 0 Å². The summed E-state index contributed by atoms with van der Waals surface area (Å²) in [4.78, 5) is 0. The third-order valence-corrected chi connectivity index (χ3v) is 2.93. The molecule has 0 bridgehead atoms. The normalized spacial score (nSPS) is 13.4. The Bertz CT molecular complexity index is 541. The van der Waals surface area contributed by atoms with Gasteiger partial charge in [0.15, 0.2) is 0 Å². The summed E-state index contributed by atoms with van der Waals surface area (Å²) in [5.41, 5.74) is 6.13. The van der Waals surface area contributed by atoms with Crippen molar-refractivity contribution < 1.29 is 0 Å². The number of hydrogen-bond acceptors (Lipinski definition) is 1. The van der Waals surface area contributed by atoms with Crippen molar-refractivity contribution in [3.05, 3.63) is 66.4 Å². The number of benzene rings is 2. The highest BCUT2D eigenvalue weighted by Crippen LogP contribution is 2.31. The predicted octanol–water partition coefficient (Wildman–Crippen LogP) is 3.84. The molecule has 1 heteroatoms. The second kappa shape index (κ2) is 3.53. The number of fused-ring (bicyclic) bond motifs is 1. The van der Waals surface area contributed by atoms with Crippen LogP contribution < -0.4 is 5.32 Å². The lowest BCUT2D eigenvalue weighted by Crippen LogP contribution is -1.87. The topological polar surface area (TPSA) is 12.0 Å². The Morgan fingerprint density at radius 2 is 1.75 bits per heavy atom.